The van der Waals surface area contributed by atoms with E-state index in [0.717, 1.165) is 34.0 Å². The first-order valence-corrected chi connectivity index (χ1v) is 10.4. The summed E-state index contributed by atoms with van der Waals surface area (Å²) in [4.78, 5) is 23.4. The average molecular weight is 429 g/mol. The number of thioether (sulfide) groups is 1. The lowest BCUT2D eigenvalue weighted by Gasteiger charge is -2.12. The normalized spacial score (nSPS) is 12.7. The second kappa shape index (κ2) is 7.53. The fourth-order valence-corrected chi connectivity index (χ4v) is 4.38. The highest BCUT2D eigenvalue weighted by Crippen LogP contribution is 2.36. The Hall–Kier alpha value is -2.84. The molecule has 1 amide bonds. The van der Waals surface area contributed by atoms with Crippen molar-refractivity contribution in [1.29, 1.82) is 0 Å². The number of carbonyl (C=O) groups excluding carboxylic acids is 1. The summed E-state index contributed by atoms with van der Waals surface area (Å²) in [6.45, 7) is 4.06. The van der Waals surface area contributed by atoms with Gasteiger partial charge < -0.3 is 5.32 Å². The van der Waals surface area contributed by atoms with Crippen molar-refractivity contribution in [3.8, 4) is 5.69 Å². The Bertz CT molecular complexity index is 1160. The van der Waals surface area contributed by atoms with Crippen molar-refractivity contribution < 1.29 is 9.72 Å². The quantitative estimate of drug-likeness (QED) is 0.464. The van der Waals surface area contributed by atoms with Gasteiger partial charge in [-0.15, -0.1) is 0 Å². The van der Waals surface area contributed by atoms with Crippen LogP contribution in [0.2, 0.25) is 5.02 Å². The van der Waals surface area contributed by atoms with Gasteiger partial charge in [0.2, 0.25) is 0 Å². The van der Waals surface area contributed by atoms with Crippen LogP contribution in [0, 0.1) is 24.0 Å². The number of nitrogens with one attached hydrogen (secondary N) is 1. The molecule has 4 rings (SSSR count). The maximum atomic E-state index is 12.9. The van der Waals surface area contributed by atoms with Gasteiger partial charge >= 0.3 is 0 Å². The summed E-state index contributed by atoms with van der Waals surface area (Å²) >= 11 is 7.59. The van der Waals surface area contributed by atoms with Crippen molar-refractivity contribution in [2.45, 2.75) is 25.4 Å². The van der Waals surface area contributed by atoms with E-state index in [1.807, 2.05) is 32.0 Å². The van der Waals surface area contributed by atoms with E-state index in [1.165, 1.54) is 23.8 Å². The number of hydrogen-bond donors (Lipinski definition) is 1. The van der Waals surface area contributed by atoms with E-state index in [2.05, 4.69) is 5.32 Å². The molecular weight excluding hydrogens is 412 g/mol. The zero-order valence-electron chi connectivity index (χ0n) is 15.7. The second-order valence-electron chi connectivity index (χ2n) is 6.82. The summed E-state index contributed by atoms with van der Waals surface area (Å²) in [6.07, 6.45) is 0. The third-order valence-electron chi connectivity index (χ3n) is 4.92. The number of carbonyl (C=O) groups is 1. The first kappa shape index (κ1) is 19.5. The molecule has 0 saturated carbocycles. The van der Waals surface area contributed by atoms with Crippen LogP contribution in [0.25, 0.3) is 5.69 Å². The molecule has 1 aliphatic heterocycles. The highest BCUT2D eigenvalue weighted by molar-refractivity contribution is 7.98. The number of anilines is 1. The van der Waals surface area contributed by atoms with Gasteiger partial charge in [-0.3, -0.25) is 14.9 Å². The van der Waals surface area contributed by atoms with E-state index in [0.29, 0.717) is 5.82 Å². The van der Waals surface area contributed by atoms with Crippen LogP contribution in [0.1, 0.15) is 32.7 Å². The largest absolute Gasteiger partial charge is 0.306 e. The fraction of sp³-hybridized carbons (Fsp3) is 0.200. The number of hydrogen-bond acceptors (Lipinski definition) is 5. The standard InChI is InChI=1S/C20H17ClN4O3S/c1-11-3-5-14(7-12(11)2)24-19(15-9-29-10-17(15)23-24)22-20(26)13-4-6-16(21)18(8-13)25(27)28/h3-8H,9-10H2,1-2H3,(H,22,26). The zero-order valence-corrected chi connectivity index (χ0v) is 17.3. The van der Waals surface area contributed by atoms with Crippen molar-refractivity contribution in [2.75, 3.05) is 5.32 Å². The summed E-state index contributed by atoms with van der Waals surface area (Å²) < 4.78 is 1.74. The molecular formula is C20H17ClN4O3S. The Labute approximate surface area is 176 Å². The second-order valence-corrected chi connectivity index (χ2v) is 8.22. The molecule has 148 valence electrons. The van der Waals surface area contributed by atoms with E-state index in [-0.39, 0.29) is 16.3 Å². The van der Waals surface area contributed by atoms with Crippen molar-refractivity contribution >= 4 is 40.8 Å². The molecule has 2 heterocycles. The van der Waals surface area contributed by atoms with Crippen LogP contribution in [-0.2, 0) is 11.5 Å². The van der Waals surface area contributed by atoms with Gasteiger partial charge in [-0.2, -0.15) is 16.9 Å². The highest BCUT2D eigenvalue weighted by Gasteiger charge is 2.26. The van der Waals surface area contributed by atoms with Gasteiger partial charge in [-0.1, -0.05) is 17.7 Å². The number of rotatable bonds is 4. The van der Waals surface area contributed by atoms with Crippen molar-refractivity contribution in [2.24, 2.45) is 0 Å². The summed E-state index contributed by atoms with van der Waals surface area (Å²) in [5.41, 5.74) is 4.91. The first-order chi connectivity index (χ1) is 13.8. The summed E-state index contributed by atoms with van der Waals surface area (Å²) in [7, 11) is 0. The Morgan fingerprint density at radius 1 is 1.21 bits per heavy atom. The third-order valence-corrected chi connectivity index (χ3v) is 6.21. The van der Waals surface area contributed by atoms with E-state index < -0.39 is 10.8 Å². The monoisotopic (exact) mass is 428 g/mol. The molecule has 9 heteroatoms. The Morgan fingerprint density at radius 3 is 2.72 bits per heavy atom. The predicted octanol–water partition coefficient (Wildman–Crippen LogP) is 5.05. The van der Waals surface area contributed by atoms with Gasteiger partial charge in [0.15, 0.2) is 0 Å². The van der Waals surface area contributed by atoms with Crippen LogP contribution < -0.4 is 5.32 Å². The van der Waals surface area contributed by atoms with Crippen LogP contribution in [-0.4, -0.2) is 20.6 Å². The highest BCUT2D eigenvalue weighted by atomic mass is 35.5. The van der Waals surface area contributed by atoms with E-state index in [4.69, 9.17) is 16.7 Å². The number of nitro groups is 1. The van der Waals surface area contributed by atoms with E-state index in [9.17, 15) is 14.9 Å². The number of benzene rings is 2. The SMILES string of the molecule is Cc1ccc(-n2nc3c(c2NC(=O)c2ccc(Cl)c([N+](=O)[O-])c2)CSC3)cc1C. The molecule has 1 aromatic heterocycles. The summed E-state index contributed by atoms with van der Waals surface area (Å²) in [6, 6.07) is 10.0. The number of aromatic nitrogens is 2. The number of amides is 1. The molecule has 29 heavy (non-hydrogen) atoms. The summed E-state index contributed by atoms with van der Waals surface area (Å²) in [5, 5.41) is 18.7. The topological polar surface area (TPSA) is 90.1 Å². The predicted molar refractivity (Wildman–Crippen MR) is 114 cm³/mol. The molecule has 3 aromatic rings. The maximum Gasteiger partial charge on any atom is 0.288 e. The minimum Gasteiger partial charge on any atom is -0.306 e. The molecule has 0 bridgehead atoms. The number of nitrogens with zero attached hydrogens (tertiary/aromatic N) is 3. The van der Waals surface area contributed by atoms with Crippen LogP contribution >= 0.6 is 23.4 Å². The minimum absolute atomic E-state index is 0.0102. The molecule has 0 fully saturated rings. The van der Waals surface area contributed by atoms with Gasteiger partial charge in [-0.05, 0) is 49.2 Å². The Morgan fingerprint density at radius 2 is 2.00 bits per heavy atom. The Balaban J connectivity index is 1.74. The Kier molecular flexibility index (Phi) is 5.06. The number of halogens is 1. The minimum atomic E-state index is -0.604. The van der Waals surface area contributed by atoms with E-state index >= 15 is 0 Å². The molecule has 2 aromatic carbocycles. The molecule has 7 nitrogen and oxygen atoms in total. The number of nitro benzene ring substituents is 1. The van der Waals surface area contributed by atoms with Crippen LogP contribution in [0.4, 0.5) is 11.5 Å². The smallest absolute Gasteiger partial charge is 0.288 e. The van der Waals surface area contributed by atoms with Gasteiger partial charge in [0.1, 0.15) is 10.8 Å². The van der Waals surface area contributed by atoms with Gasteiger partial charge in [0.05, 0.1) is 16.3 Å². The molecule has 0 atom stereocenters. The number of aryl methyl sites for hydroxylation is 2. The lowest BCUT2D eigenvalue weighted by atomic mass is 10.1. The first-order valence-electron chi connectivity index (χ1n) is 8.86. The average Bonchev–Trinajstić information content (AvgIpc) is 3.26. The molecule has 0 saturated heterocycles. The molecule has 0 unspecified atom stereocenters. The van der Waals surface area contributed by atoms with Crippen molar-refractivity contribution in [3.63, 3.8) is 0 Å². The summed E-state index contributed by atoms with van der Waals surface area (Å²) in [5.74, 6) is 1.67. The molecule has 1 aliphatic rings. The third kappa shape index (κ3) is 3.61. The molecule has 0 spiro atoms. The fourth-order valence-electron chi connectivity index (χ4n) is 3.16. The molecule has 0 aliphatic carbocycles. The number of fused-ring (bicyclic) bond motifs is 1. The van der Waals surface area contributed by atoms with Crippen LogP contribution in [0.3, 0.4) is 0 Å². The van der Waals surface area contributed by atoms with E-state index in [1.54, 1.807) is 16.4 Å². The van der Waals surface area contributed by atoms with Crippen LogP contribution in [0.5, 0.6) is 0 Å². The zero-order chi connectivity index (χ0) is 20.7. The van der Waals surface area contributed by atoms with Crippen molar-refractivity contribution in [1.82, 2.24) is 9.78 Å². The molecule has 1 N–H and O–H groups in total. The lowest BCUT2D eigenvalue weighted by molar-refractivity contribution is -0.384. The maximum absolute atomic E-state index is 12.9. The van der Waals surface area contributed by atoms with Gasteiger partial charge in [0, 0.05) is 28.7 Å². The van der Waals surface area contributed by atoms with Gasteiger partial charge in [0.25, 0.3) is 11.6 Å². The lowest BCUT2D eigenvalue weighted by Crippen LogP contribution is -2.16. The molecule has 0 radical (unpaired) electrons. The van der Waals surface area contributed by atoms with Gasteiger partial charge in [-0.25, -0.2) is 4.68 Å². The van der Waals surface area contributed by atoms with Crippen LogP contribution in [0.15, 0.2) is 36.4 Å². The van der Waals surface area contributed by atoms with Crippen molar-refractivity contribution in [3.05, 3.63) is 79.5 Å².